The Morgan fingerprint density at radius 1 is 1.60 bits per heavy atom. The van der Waals surface area contributed by atoms with Gasteiger partial charge >= 0.3 is 0 Å². The van der Waals surface area contributed by atoms with E-state index in [1.807, 2.05) is 0 Å². The van der Waals surface area contributed by atoms with Crippen LogP contribution in [0, 0.1) is 12.3 Å². The summed E-state index contributed by atoms with van der Waals surface area (Å²) in [6, 6.07) is 3.50. The van der Waals surface area contributed by atoms with Gasteiger partial charge in [-0.05, 0) is 28.1 Å². The van der Waals surface area contributed by atoms with E-state index in [0.717, 1.165) is 4.47 Å². The molecule has 0 amide bonds. The van der Waals surface area contributed by atoms with Crippen LogP contribution in [0.2, 0.25) is 0 Å². The first-order valence-electron chi connectivity index (χ1n) is 2.62. The fraction of sp³-hybridized carbons (Fsp3) is 0. The van der Waals surface area contributed by atoms with Gasteiger partial charge in [0.1, 0.15) is 11.5 Å². The summed E-state index contributed by atoms with van der Waals surface area (Å²) >= 11 is 3.20. The number of anilines is 1. The molecule has 0 saturated heterocycles. The van der Waals surface area contributed by atoms with Crippen molar-refractivity contribution in [3.8, 4) is 12.3 Å². The topological polar surface area (TPSA) is 38.9 Å². The lowest BCUT2D eigenvalue weighted by Crippen LogP contribution is -1.92. The number of rotatable bonds is 0. The molecule has 0 aliphatic heterocycles. The van der Waals surface area contributed by atoms with Crippen LogP contribution in [0.1, 0.15) is 5.69 Å². The second-order valence-corrected chi connectivity index (χ2v) is 2.56. The number of halogens is 1. The molecule has 0 unspecified atom stereocenters. The Morgan fingerprint density at radius 3 is 2.80 bits per heavy atom. The van der Waals surface area contributed by atoms with Gasteiger partial charge in [0.25, 0.3) is 0 Å². The predicted octanol–water partition coefficient (Wildman–Crippen LogP) is 1.41. The van der Waals surface area contributed by atoms with E-state index < -0.39 is 0 Å². The zero-order valence-electron chi connectivity index (χ0n) is 5.13. The molecule has 0 aromatic carbocycles. The Labute approximate surface area is 67.6 Å². The molecule has 1 rings (SSSR count). The molecule has 1 aromatic heterocycles. The molecular formula is C7H5BrN2. The van der Waals surface area contributed by atoms with Crippen LogP contribution < -0.4 is 5.73 Å². The van der Waals surface area contributed by atoms with E-state index in [1.54, 1.807) is 12.1 Å². The molecule has 2 nitrogen and oxygen atoms in total. The molecule has 50 valence electrons. The number of hydrogen-bond acceptors (Lipinski definition) is 2. The van der Waals surface area contributed by atoms with Crippen molar-refractivity contribution < 1.29 is 0 Å². The van der Waals surface area contributed by atoms with Crippen LogP contribution in [0.4, 0.5) is 5.82 Å². The van der Waals surface area contributed by atoms with Gasteiger partial charge in [-0.2, -0.15) is 0 Å². The Balaban J connectivity index is 3.20. The molecule has 0 fully saturated rings. The highest BCUT2D eigenvalue weighted by molar-refractivity contribution is 9.10. The largest absolute Gasteiger partial charge is 0.383 e. The number of aromatic nitrogens is 1. The van der Waals surface area contributed by atoms with Gasteiger partial charge in [-0.1, -0.05) is 5.92 Å². The fourth-order valence-electron chi connectivity index (χ4n) is 0.538. The van der Waals surface area contributed by atoms with Crippen molar-refractivity contribution >= 4 is 21.7 Å². The lowest BCUT2D eigenvalue weighted by atomic mass is 10.3. The van der Waals surface area contributed by atoms with Crippen molar-refractivity contribution in [2.24, 2.45) is 0 Å². The van der Waals surface area contributed by atoms with Gasteiger partial charge in [-0.15, -0.1) is 6.42 Å². The Bertz CT molecular complexity index is 288. The molecule has 0 bridgehead atoms. The summed E-state index contributed by atoms with van der Waals surface area (Å²) in [5, 5.41) is 0. The van der Waals surface area contributed by atoms with Crippen LogP contribution in [0.5, 0.6) is 0 Å². The first kappa shape index (κ1) is 7.10. The van der Waals surface area contributed by atoms with Gasteiger partial charge in [0.2, 0.25) is 0 Å². The highest BCUT2D eigenvalue weighted by atomic mass is 79.9. The van der Waals surface area contributed by atoms with Crippen LogP contribution in [0.3, 0.4) is 0 Å². The first-order chi connectivity index (χ1) is 4.74. The zero-order valence-corrected chi connectivity index (χ0v) is 6.72. The van der Waals surface area contributed by atoms with Gasteiger partial charge in [-0.3, -0.25) is 0 Å². The summed E-state index contributed by atoms with van der Waals surface area (Å²) in [5.41, 5.74) is 6.00. The smallest absolute Gasteiger partial charge is 0.139 e. The van der Waals surface area contributed by atoms with Crippen LogP contribution in [-0.2, 0) is 0 Å². The lowest BCUT2D eigenvalue weighted by Gasteiger charge is -1.95. The molecule has 0 saturated carbocycles. The van der Waals surface area contributed by atoms with Crippen molar-refractivity contribution in [2.45, 2.75) is 0 Å². The molecule has 10 heavy (non-hydrogen) atoms. The molecular weight excluding hydrogens is 192 g/mol. The average Bonchev–Trinajstić information content (AvgIpc) is 1.95. The molecule has 0 radical (unpaired) electrons. The summed E-state index contributed by atoms with van der Waals surface area (Å²) in [5.74, 6) is 2.81. The normalized spacial score (nSPS) is 8.80. The van der Waals surface area contributed by atoms with Crippen molar-refractivity contribution in [1.29, 1.82) is 0 Å². The Kier molecular flexibility index (Phi) is 1.93. The Morgan fingerprint density at radius 2 is 2.30 bits per heavy atom. The number of hydrogen-bond donors (Lipinski definition) is 1. The minimum absolute atomic E-state index is 0.426. The number of nitrogen functional groups attached to an aromatic ring is 1. The predicted molar refractivity (Wildman–Crippen MR) is 44.3 cm³/mol. The standard InChI is InChI=1S/C7H5BrN2/c1-2-5-3-4-6(8)7(9)10-5/h1,3-4H,(H2,9,10). The van der Waals surface area contributed by atoms with Crippen molar-refractivity contribution in [3.63, 3.8) is 0 Å². The van der Waals surface area contributed by atoms with Crippen molar-refractivity contribution in [1.82, 2.24) is 4.98 Å². The highest BCUT2D eigenvalue weighted by Crippen LogP contribution is 2.15. The second kappa shape index (κ2) is 2.72. The number of nitrogens with two attached hydrogens (primary N) is 1. The average molecular weight is 197 g/mol. The third kappa shape index (κ3) is 1.28. The minimum Gasteiger partial charge on any atom is -0.383 e. The number of nitrogens with zero attached hydrogens (tertiary/aromatic N) is 1. The molecule has 0 aliphatic rings. The SMILES string of the molecule is C#Cc1ccc(Br)c(N)n1. The van der Waals surface area contributed by atoms with E-state index >= 15 is 0 Å². The van der Waals surface area contributed by atoms with E-state index in [-0.39, 0.29) is 0 Å². The monoisotopic (exact) mass is 196 g/mol. The molecule has 2 N–H and O–H groups in total. The molecule has 0 spiro atoms. The maximum atomic E-state index is 5.44. The van der Waals surface area contributed by atoms with Crippen LogP contribution in [-0.4, -0.2) is 4.98 Å². The minimum atomic E-state index is 0.426. The Hall–Kier alpha value is -1.01. The molecule has 1 aromatic rings. The van der Waals surface area contributed by atoms with Crippen molar-refractivity contribution in [3.05, 3.63) is 22.3 Å². The lowest BCUT2D eigenvalue weighted by molar-refractivity contribution is 1.28. The maximum Gasteiger partial charge on any atom is 0.139 e. The third-order valence-electron chi connectivity index (χ3n) is 1.02. The number of terminal acetylenes is 1. The zero-order chi connectivity index (χ0) is 7.56. The third-order valence-corrected chi connectivity index (χ3v) is 1.69. The molecule has 0 atom stereocenters. The van der Waals surface area contributed by atoms with E-state index in [0.29, 0.717) is 11.5 Å². The van der Waals surface area contributed by atoms with Gasteiger partial charge in [0.15, 0.2) is 0 Å². The first-order valence-corrected chi connectivity index (χ1v) is 3.42. The van der Waals surface area contributed by atoms with Crippen LogP contribution in [0.25, 0.3) is 0 Å². The van der Waals surface area contributed by atoms with Crippen LogP contribution in [0.15, 0.2) is 16.6 Å². The molecule has 3 heteroatoms. The maximum absolute atomic E-state index is 5.44. The van der Waals surface area contributed by atoms with Gasteiger partial charge in [0.05, 0.1) is 4.47 Å². The van der Waals surface area contributed by atoms with Gasteiger partial charge < -0.3 is 5.73 Å². The van der Waals surface area contributed by atoms with E-state index in [1.165, 1.54) is 0 Å². The van der Waals surface area contributed by atoms with Gasteiger partial charge in [-0.25, -0.2) is 4.98 Å². The van der Waals surface area contributed by atoms with E-state index in [9.17, 15) is 0 Å². The van der Waals surface area contributed by atoms with Crippen molar-refractivity contribution in [2.75, 3.05) is 5.73 Å². The fourth-order valence-corrected chi connectivity index (χ4v) is 0.759. The summed E-state index contributed by atoms with van der Waals surface area (Å²) in [6.45, 7) is 0. The highest BCUT2D eigenvalue weighted by Gasteiger charge is 1.95. The van der Waals surface area contributed by atoms with Crippen LogP contribution >= 0.6 is 15.9 Å². The second-order valence-electron chi connectivity index (χ2n) is 1.71. The molecule has 1 heterocycles. The van der Waals surface area contributed by atoms with E-state index in [2.05, 4.69) is 26.8 Å². The summed E-state index contributed by atoms with van der Waals surface area (Å²) < 4.78 is 0.770. The molecule has 0 aliphatic carbocycles. The summed E-state index contributed by atoms with van der Waals surface area (Å²) in [7, 11) is 0. The quantitative estimate of drug-likeness (QED) is 0.638. The van der Waals surface area contributed by atoms with Gasteiger partial charge in [0, 0.05) is 0 Å². The number of pyridine rings is 1. The van der Waals surface area contributed by atoms with E-state index in [4.69, 9.17) is 12.2 Å². The summed E-state index contributed by atoms with van der Waals surface area (Å²) in [6.07, 6.45) is 5.09. The summed E-state index contributed by atoms with van der Waals surface area (Å²) in [4.78, 5) is 3.89.